The fourth-order valence-electron chi connectivity index (χ4n) is 3.54. The summed E-state index contributed by atoms with van der Waals surface area (Å²) in [4.78, 5) is 14.7. The highest BCUT2D eigenvalue weighted by Crippen LogP contribution is 2.37. The number of halogens is 1. The van der Waals surface area contributed by atoms with Gasteiger partial charge in [0, 0.05) is 19.1 Å². The third-order valence-corrected chi connectivity index (χ3v) is 5.15. The quantitative estimate of drug-likeness (QED) is 0.900. The van der Waals surface area contributed by atoms with Gasteiger partial charge >= 0.3 is 0 Å². The van der Waals surface area contributed by atoms with E-state index in [9.17, 15) is 9.18 Å². The molecule has 1 heterocycles. The molecule has 4 nitrogen and oxygen atoms in total. The number of hydrogen-bond acceptors (Lipinski definition) is 3. The van der Waals surface area contributed by atoms with Crippen molar-refractivity contribution in [1.82, 2.24) is 10.2 Å². The van der Waals surface area contributed by atoms with Crippen LogP contribution < -0.4 is 5.32 Å². The van der Waals surface area contributed by atoms with E-state index in [2.05, 4.69) is 19.2 Å². The van der Waals surface area contributed by atoms with Crippen LogP contribution in [-0.2, 0) is 9.53 Å². The minimum Gasteiger partial charge on any atom is -0.378 e. The number of nitrogens with one attached hydrogen (secondary N) is 1. The topological polar surface area (TPSA) is 41.6 Å². The van der Waals surface area contributed by atoms with Crippen molar-refractivity contribution in [2.24, 2.45) is 5.92 Å². The number of carbonyl (C=O) groups excluding carboxylic acids is 1. The summed E-state index contributed by atoms with van der Waals surface area (Å²) >= 11 is 0. The molecule has 1 aliphatic heterocycles. The van der Waals surface area contributed by atoms with Crippen molar-refractivity contribution >= 4 is 5.91 Å². The Bertz CT molecular complexity index is 549. The van der Waals surface area contributed by atoms with Gasteiger partial charge in [0.25, 0.3) is 0 Å². The average Bonchev–Trinajstić information content (AvgIpc) is 2.55. The monoisotopic (exact) mass is 334 g/mol. The van der Waals surface area contributed by atoms with Crippen LogP contribution in [-0.4, -0.2) is 49.2 Å². The van der Waals surface area contributed by atoms with E-state index in [4.69, 9.17) is 4.74 Å². The average molecular weight is 334 g/mol. The first kappa shape index (κ1) is 17.4. The number of nitrogens with zero attached hydrogens (tertiary/aromatic N) is 1. The van der Waals surface area contributed by atoms with E-state index in [1.807, 2.05) is 17.0 Å². The maximum absolute atomic E-state index is 13.0. The van der Waals surface area contributed by atoms with E-state index in [-0.39, 0.29) is 23.7 Å². The molecule has 2 aliphatic rings. The summed E-state index contributed by atoms with van der Waals surface area (Å²) in [6, 6.07) is 7.01. The van der Waals surface area contributed by atoms with Gasteiger partial charge in [-0.05, 0) is 42.4 Å². The summed E-state index contributed by atoms with van der Waals surface area (Å²) in [5, 5.41) is 3.55. The molecular formula is C19H27FN2O2. The molecule has 0 radical (unpaired) electrons. The van der Waals surface area contributed by atoms with Crippen LogP contribution in [0.5, 0.6) is 0 Å². The second kappa shape index (κ2) is 7.62. The van der Waals surface area contributed by atoms with Crippen molar-refractivity contribution in [2.45, 2.75) is 44.7 Å². The van der Waals surface area contributed by atoms with Crippen LogP contribution in [0.4, 0.5) is 4.39 Å². The zero-order chi connectivity index (χ0) is 17.1. The third kappa shape index (κ3) is 3.95. The molecule has 132 valence electrons. The number of hydrogen-bond donors (Lipinski definition) is 1. The van der Waals surface area contributed by atoms with Gasteiger partial charge in [-0.1, -0.05) is 26.0 Å². The molecule has 24 heavy (non-hydrogen) atoms. The van der Waals surface area contributed by atoms with E-state index in [0.717, 1.165) is 12.8 Å². The lowest BCUT2D eigenvalue weighted by Crippen LogP contribution is -2.56. The number of morpholine rings is 1. The lowest BCUT2D eigenvalue weighted by Gasteiger charge is -2.41. The van der Waals surface area contributed by atoms with Gasteiger partial charge in [0.15, 0.2) is 0 Å². The molecule has 1 amide bonds. The zero-order valence-corrected chi connectivity index (χ0v) is 14.5. The molecule has 5 heteroatoms. The molecule has 0 bridgehead atoms. The highest BCUT2D eigenvalue weighted by Gasteiger charge is 2.36. The van der Waals surface area contributed by atoms with Crippen LogP contribution in [0, 0.1) is 11.7 Å². The minimum atomic E-state index is -0.191. The van der Waals surface area contributed by atoms with Gasteiger partial charge in [0.05, 0.1) is 19.3 Å². The number of benzene rings is 1. The summed E-state index contributed by atoms with van der Waals surface area (Å²) in [7, 11) is 0. The fourth-order valence-corrected chi connectivity index (χ4v) is 3.54. The number of ether oxygens (including phenoxy) is 1. The minimum absolute atomic E-state index is 0.137. The van der Waals surface area contributed by atoms with Crippen LogP contribution in [0.25, 0.3) is 0 Å². The summed E-state index contributed by atoms with van der Waals surface area (Å²) in [6.07, 6.45) is 2.01. The Balaban J connectivity index is 1.53. The lowest BCUT2D eigenvalue weighted by molar-refractivity contribution is -0.139. The van der Waals surface area contributed by atoms with Crippen molar-refractivity contribution < 1.29 is 13.9 Å². The lowest BCUT2D eigenvalue weighted by atomic mass is 9.75. The van der Waals surface area contributed by atoms with Crippen molar-refractivity contribution in [1.29, 1.82) is 0 Å². The van der Waals surface area contributed by atoms with Crippen molar-refractivity contribution in [3.05, 3.63) is 35.6 Å². The molecule has 1 aromatic carbocycles. The standard InChI is InChI=1S/C19H27FN2O2/c1-13(2)18(19(23)22-7-9-24-10-8-22)21-17-11-15(12-17)14-3-5-16(20)6-4-14/h3-6,13,15,17-18,21H,7-12H2,1-2H3/t15?,17?,18-/m1/s1. The maximum Gasteiger partial charge on any atom is 0.240 e. The Kier molecular flexibility index (Phi) is 5.51. The molecular weight excluding hydrogens is 307 g/mol. The smallest absolute Gasteiger partial charge is 0.240 e. The SMILES string of the molecule is CC(C)[C@@H](NC1CC(c2ccc(F)cc2)C1)C(=O)N1CCOCC1. The van der Waals surface area contributed by atoms with Gasteiger partial charge in [-0.2, -0.15) is 0 Å². The summed E-state index contributed by atoms with van der Waals surface area (Å²) < 4.78 is 18.3. The molecule has 1 atom stereocenters. The van der Waals surface area contributed by atoms with E-state index >= 15 is 0 Å². The predicted molar refractivity (Wildman–Crippen MR) is 91.3 cm³/mol. The second-order valence-corrected chi connectivity index (χ2v) is 7.24. The van der Waals surface area contributed by atoms with Crippen LogP contribution in [0.3, 0.4) is 0 Å². The Morgan fingerprint density at radius 1 is 1.21 bits per heavy atom. The first-order valence-corrected chi connectivity index (χ1v) is 8.92. The molecule has 1 aliphatic carbocycles. The Hall–Kier alpha value is -1.46. The Morgan fingerprint density at radius 2 is 1.83 bits per heavy atom. The van der Waals surface area contributed by atoms with Crippen molar-refractivity contribution in [3.63, 3.8) is 0 Å². The van der Waals surface area contributed by atoms with Crippen LogP contribution in [0.2, 0.25) is 0 Å². The van der Waals surface area contributed by atoms with Crippen LogP contribution >= 0.6 is 0 Å². The zero-order valence-electron chi connectivity index (χ0n) is 14.5. The summed E-state index contributed by atoms with van der Waals surface area (Å²) in [5.74, 6) is 0.724. The predicted octanol–water partition coefficient (Wildman–Crippen LogP) is 2.54. The molecule has 1 aromatic rings. The van der Waals surface area contributed by atoms with Crippen LogP contribution in [0.15, 0.2) is 24.3 Å². The number of amides is 1. The van der Waals surface area contributed by atoms with E-state index in [0.29, 0.717) is 38.3 Å². The maximum atomic E-state index is 13.0. The molecule has 0 spiro atoms. The normalized spacial score (nSPS) is 25.4. The molecule has 2 fully saturated rings. The van der Waals surface area contributed by atoms with Gasteiger partial charge in [-0.3, -0.25) is 4.79 Å². The molecule has 0 aromatic heterocycles. The molecule has 0 unspecified atom stereocenters. The summed E-state index contributed by atoms with van der Waals surface area (Å²) in [5.41, 5.74) is 1.19. The molecule has 3 rings (SSSR count). The Morgan fingerprint density at radius 3 is 2.42 bits per heavy atom. The largest absolute Gasteiger partial charge is 0.378 e. The number of rotatable bonds is 5. The van der Waals surface area contributed by atoms with E-state index < -0.39 is 0 Å². The molecule has 1 saturated carbocycles. The van der Waals surface area contributed by atoms with Gasteiger partial charge < -0.3 is 15.0 Å². The fraction of sp³-hybridized carbons (Fsp3) is 0.632. The first-order valence-electron chi connectivity index (χ1n) is 8.92. The first-order chi connectivity index (χ1) is 11.5. The molecule has 1 N–H and O–H groups in total. The van der Waals surface area contributed by atoms with Crippen LogP contribution in [0.1, 0.15) is 38.2 Å². The summed E-state index contributed by atoms with van der Waals surface area (Å²) in [6.45, 7) is 6.82. The number of carbonyl (C=O) groups is 1. The van der Waals surface area contributed by atoms with Crippen molar-refractivity contribution in [2.75, 3.05) is 26.3 Å². The third-order valence-electron chi connectivity index (χ3n) is 5.15. The highest BCUT2D eigenvalue weighted by atomic mass is 19.1. The van der Waals surface area contributed by atoms with Gasteiger partial charge in [-0.15, -0.1) is 0 Å². The van der Waals surface area contributed by atoms with Gasteiger partial charge in [-0.25, -0.2) is 4.39 Å². The second-order valence-electron chi connectivity index (χ2n) is 7.24. The van der Waals surface area contributed by atoms with Crippen molar-refractivity contribution in [3.8, 4) is 0 Å². The molecule has 1 saturated heterocycles. The highest BCUT2D eigenvalue weighted by molar-refractivity contribution is 5.82. The van der Waals surface area contributed by atoms with Gasteiger partial charge in [0.1, 0.15) is 5.82 Å². The Labute approximate surface area is 143 Å². The van der Waals surface area contributed by atoms with E-state index in [1.165, 1.54) is 17.7 Å². The van der Waals surface area contributed by atoms with E-state index in [1.54, 1.807) is 0 Å². The van der Waals surface area contributed by atoms with Gasteiger partial charge in [0.2, 0.25) is 5.91 Å².